The minimum Gasteiger partial charge on any atom is -0.493 e. The van der Waals surface area contributed by atoms with E-state index in [4.69, 9.17) is 14.9 Å². The van der Waals surface area contributed by atoms with E-state index < -0.39 is 6.04 Å². The van der Waals surface area contributed by atoms with E-state index in [2.05, 4.69) is 5.10 Å². The molecule has 0 amide bonds. The van der Waals surface area contributed by atoms with Crippen LogP contribution in [-0.2, 0) is 0 Å². The van der Waals surface area contributed by atoms with Gasteiger partial charge in [-0.05, 0) is 0 Å². The molecular weight excluding hydrogens is 220 g/mol. The molecule has 1 aromatic rings. The lowest BCUT2D eigenvalue weighted by atomic mass is 10.1. The monoisotopic (exact) mass is 244 g/mol. The van der Waals surface area contributed by atoms with Crippen molar-refractivity contribution in [3.05, 3.63) is 11.9 Å². The van der Waals surface area contributed by atoms with E-state index in [9.17, 15) is 0 Å². The Labute approximate surface area is 103 Å². The Morgan fingerprint density at radius 3 is 2.12 bits per heavy atom. The van der Waals surface area contributed by atoms with Gasteiger partial charge in [0.1, 0.15) is 5.69 Å². The number of hydrogen-bond donors (Lipinski definition) is 2. The van der Waals surface area contributed by atoms with Crippen LogP contribution in [0, 0.1) is 0 Å². The minimum absolute atomic E-state index is 0.140. The van der Waals surface area contributed by atoms with E-state index >= 15 is 0 Å². The number of aromatic nitrogens is 2. The number of ether oxygens (including phenoxy) is 1. The highest BCUT2D eigenvalue weighted by Crippen LogP contribution is 2.25. The molecule has 17 heavy (non-hydrogen) atoms. The first-order valence-corrected chi connectivity index (χ1v) is 5.98. The third kappa shape index (κ3) is 4.02. The van der Waals surface area contributed by atoms with Gasteiger partial charge in [-0.3, -0.25) is 4.68 Å². The SMILES string of the molecule is CC.COc1cn(C(CO)CO)nc1C(C)C. The molecule has 0 aliphatic carbocycles. The Morgan fingerprint density at radius 2 is 1.82 bits per heavy atom. The third-order valence-corrected chi connectivity index (χ3v) is 2.29. The summed E-state index contributed by atoms with van der Waals surface area (Å²) < 4.78 is 6.73. The highest BCUT2D eigenvalue weighted by atomic mass is 16.5. The van der Waals surface area contributed by atoms with Gasteiger partial charge >= 0.3 is 0 Å². The summed E-state index contributed by atoms with van der Waals surface area (Å²) in [7, 11) is 1.58. The molecule has 0 atom stereocenters. The van der Waals surface area contributed by atoms with Gasteiger partial charge in [-0.25, -0.2) is 0 Å². The fraction of sp³-hybridized carbons (Fsp3) is 0.750. The Balaban J connectivity index is 0.00000121. The van der Waals surface area contributed by atoms with E-state index in [1.165, 1.54) is 0 Å². The summed E-state index contributed by atoms with van der Waals surface area (Å²) in [5.41, 5.74) is 0.837. The van der Waals surface area contributed by atoms with Gasteiger partial charge in [-0.2, -0.15) is 5.10 Å². The van der Waals surface area contributed by atoms with Gasteiger partial charge in [-0.1, -0.05) is 27.7 Å². The van der Waals surface area contributed by atoms with E-state index in [1.807, 2.05) is 27.7 Å². The molecule has 0 spiro atoms. The topological polar surface area (TPSA) is 67.5 Å². The maximum absolute atomic E-state index is 9.03. The minimum atomic E-state index is -0.397. The molecule has 1 rings (SSSR count). The fourth-order valence-electron chi connectivity index (χ4n) is 1.36. The average molecular weight is 244 g/mol. The van der Waals surface area contributed by atoms with Crippen LogP contribution in [0.25, 0.3) is 0 Å². The molecule has 5 heteroatoms. The predicted molar refractivity (Wildman–Crippen MR) is 67.4 cm³/mol. The van der Waals surface area contributed by atoms with Crippen LogP contribution in [0.2, 0.25) is 0 Å². The van der Waals surface area contributed by atoms with Gasteiger partial charge in [0, 0.05) is 5.92 Å². The molecule has 100 valence electrons. The van der Waals surface area contributed by atoms with Crippen LogP contribution in [-0.4, -0.2) is 40.3 Å². The second-order valence-corrected chi connectivity index (χ2v) is 3.74. The van der Waals surface area contributed by atoms with E-state index in [0.29, 0.717) is 5.75 Å². The van der Waals surface area contributed by atoms with E-state index in [0.717, 1.165) is 5.69 Å². The van der Waals surface area contributed by atoms with Crippen molar-refractivity contribution < 1.29 is 14.9 Å². The maximum atomic E-state index is 9.03. The molecule has 5 nitrogen and oxygen atoms in total. The number of rotatable bonds is 5. The maximum Gasteiger partial charge on any atom is 0.160 e. The summed E-state index contributed by atoms with van der Waals surface area (Å²) >= 11 is 0. The largest absolute Gasteiger partial charge is 0.493 e. The summed E-state index contributed by atoms with van der Waals surface area (Å²) in [6, 6.07) is -0.397. The predicted octanol–water partition coefficient (Wildman–Crippen LogP) is 1.57. The molecule has 0 saturated carbocycles. The lowest BCUT2D eigenvalue weighted by Gasteiger charge is -2.10. The van der Waals surface area contributed by atoms with Crippen molar-refractivity contribution >= 4 is 0 Å². The second-order valence-electron chi connectivity index (χ2n) is 3.74. The zero-order valence-corrected chi connectivity index (χ0v) is 11.3. The molecule has 0 aromatic carbocycles. The van der Waals surface area contributed by atoms with Crippen LogP contribution in [0.1, 0.15) is 45.3 Å². The van der Waals surface area contributed by atoms with Crippen LogP contribution in [0.5, 0.6) is 5.75 Å². The summed E-state index contributed by atoms with van der Waals surface area (Å²) in [5, 5.41) is 22.4. The summed E-state index contributed by atoms with van der Waals surface area (Å²) in [6.45, 7) is 7.75. The number of hydrogen-bond acceptors (Lipinski definition) is 4. The quantitative estimate of drug-likeness (QED) is 0.825. The molecule has 1 heterocycles. The van der Waals surface area contributed by atoms with Crippen LogP contribution in [0.15, 0.2) is 6.20 Å². The first-order valence-electron chi connectivity index (χ1n) is 5.98. The molecule has 1 aromatic heterocycles. The number of nitrogens with zero attached hydrogens (tertiary/aromatic N) is 2. The number of aliphatic hydroxyl groups excluding tert-OH is 2. The second kappa shape index (κ2) is 8.08. The molecule has 2 N–H and O–H groups in total. The zero-order chi connectivity index (χ0) is 13.4. The lowest BCUT2D eigenvalue weighted by molar-refractivity contribution is 0.145. The average Bonchev–Trinajstić information content (AvgIpc) is 2.77. The van der Waals surface area contributed by atoms with Crippen LogP contribution in [0.3, 0.4) is 0 Å². The van der Waals surface area contributed by atoms with Gasteiger partial charge in [0.2, 0.25) is 0 Å². The van der Waals surface area contributed by atoms with Crippen molar-refractivity contribution in [3.63, 3.8) is 0 Å². The standard InChI is InChI=1S/C10H18N2O3.C2H6/c1-7(2)10-9(15-3)4-12(11-10)8(5-13)6-14;1-2/h4,7-8,13-14H,5-6H2,1-3H3;1-2H3. The summed E-state index contributed by atoms with van der Waals surface area (Å²) in [6.07, 6.45) is 1.70. The van der Waals surface area contributed by atoms with Gasteiger partial charge in [0.15, 0.2) is 5.75 Å². The van der Waals surface area contributed by atoms with Crippen molar-refractivity contribution in [3.8, 4) is 5.75 Å². The van der Waals surface area contributed by atoms with Crippen molar-refractivity contribution in [2.75, 3.05) is 20.3 Å². The van der Waals surface area contributed by atoms with Gasteiger partial charge < -0.3 is 14.9 Å². The first kappa shape index (κ1) is 15.9. The molecule has 0 aliphatic heterocycles. The zero-order valence-electron chi connectivity index (χ0n) is 11.3. The van der Waals surface area contributed by atoms with Crippen molar-refractivity contribution in [2.45, 2.75) is 39.7 Å². The summed E-state index contributed by atoms with van der Waals surface area (Å²) in [4.78, 5) is 0. The molecule has 0 radical (unpaired) electrons. The Morgan fingerprint density at radius 1 is 1.29 bits per heavy atom. The van der Waals surface area contributed by atoms with Crippen LogP contribution >= 0.6 is 0 Å². The number of aliphatic hydroxyl groups is 2. The molecule has 0 aliphatic rings. The Kier molecular flexibility index (Phi) is 7.58. The fourth-order valence-corrected chi connectivity index (χ4v) is 1.36. The molecule has 0 saturated heterocycles. The van der Waals surface area contributed by atoms with Gasteiger partial charge in [-0.15, -0.1) is 0 Å². The lowest BCUT2D eigenvalue weighted by Crippen LogP contribution is -2.17. The first-order chi connectivity index (χ1) is 8.13. The van der Waals surface area contributed by atoms with Crippen molar-refractivity contribution in [1.82, 2.24) is 9.78 Å². The van der Waals surface area contributed by atoms with Gasteiger partial charge in [0.05, 0.1) is 32.6 Å². The normalized spacial score (nSPS) is 10.4. The highest BCUT2D eigenvalue weighted by molar-refractivity contribution is 5.27. The van der Waals surface area contributed by atoms with Crippen molar-refractivity contribution in [1.29, 1.82) is 0 Å². The highest BCUT2D eigenvalue weighted by Gasteiger charge is 2.17. The molecule has 0 bridgehead atoms. The van der Waals surface area contributed by atoms with Crippen LogP contribution < -0.4 is 4.74 Å². The van der Waals surface area contributed by atoms with Gasteiger partial charge in [0.25, 0.3) is 0 Å². The number of methoxy groups -OCH3 is 1. The Hall–Kier alpha value is -1.07. The Bertz CT molecular complexity index is 307. The van der Waals surface area contributed by atoms with Crippen molar-refractivity contribution in [2.24, 2.45) is 0 Å². The third-order valence-electron chi connectivity index (χ3n) is 2.29. The van der Waals surface area contributed by atoms with E-state index in [-0.39, 0.29) is 19.1 Å². The molecule has 0 fully saturated rings. The molecular formula is C12H24N2O3. The van der Waals surface area contributed by atoms with Crippen LogP contribution in [0.4, 0.5) is 0 Å². The van der Waals surface area contributed by atoms with E-state index in [1.54, 1.807) is 18.0 Å². The smallest absolute Gasteiger partial charge is 0.160 e. The molecule has 0 unspecified atom stereocenters. The summed E-state index contributed by atoms with van der Waals surface area (Å²) in [5.74, 6) is 0.941.